The third-order valence-corrected chi connectivity index (χ3v) is 5.84. The van der Waals surface area contributed by atoms with Gasteiger partial charge in [0.05, 0.1) is 20.9 Å². The lowest BCUT2D eigenvalue weighted by atomic mass is 9.99. The molecule has 7 heteroatoms. The minimum Gasteiger partial charge on any atom is -0.455 e. The van der Waals surface area contributed by atoms with Crippen LogP contribution in [0.4, 0.5) is 0 Å². The Hall–Kier alpha value is -2.96. The van der Waals surface area contributed by atoms with E-state index >= 15 is 0 Å². The lowest BCUT2D eigenvalue weighted by Gasteiger charge is -2.11. The van der Waals surface area contributed by atoms with Crippen LogP contribution in [0.2, 0.25) is 5.02 Å². The molecule has 140 valence electrons. The van der Waals surface area contributed by atoms with Crippen LogP contribution in [-0.2, 0) is 9.84 Å². The summed E-state index contributed by atoms with van der Waals surface area (Å²) in [5, 5.41) is 0.792. The molecule has 0 aliphatic rings. The first kappa shape index (κ1) is 18.4. The van der Waals surface area contributed by atoms with Gasteiger partial charge in [0.1, 0.15) is 11.3 Å². The molecule has 4 aromatic rings. The van der Waals surface area contributed by atoms with Crippen molar-refractivity contribution in [3.8, 4) is 22.5 Å². The summed E-state index contributed by atoms with van der Waals surface area (Å²) < 4.78 is 29.5. The van der Waals surface area contributed by atoms with E-state index in [1.807, 2.05) is 0 Å². The van der Waals surface area contributed by atoms with E-state index in [0.717, 1.165) is 6.26 Å². The molecule has 0 aliphatic carbocycles. The molecular formula is C21H14ClNO4S. The van der Waals surface area contributed by atoms with Gasteiger partial charge in [-0.15, -0.1) is 0 Å². The van der Waals surface area contributed by atoms with Crippen LogP contribution in [0, 0.1) is 0 Å². The van der Waals surface area contributed by atoms with Gasteiger partial charge in [-0.1, -0.05) is 23.7 Å². The summed E-state index contributed by atoms with van der Waals surface area (Å²) in [7, 11) is -3.34. The van der Waals surface area contributed by atoms with Gasteiger partial charge in [-0.05, 0) is 42.5 Å². The number of aromatic nitrogens is 1. The van der Waals surface area contributed by atoms with Crippen molar-refractivity contribution in [3.63, 3.8) is 0 Å². The number of hydrogen-bond acceptors (Lipinski definition) is 5. The van der Waals surface area contributed by atoms with Crippen molar-refractivity contribution in [2.45, 2.75) is 4.90 Å². The molecule has 28 heavy (non-hydrogen) atoms. The number of halogens is 1. The standard InChI is InChI=1S/C21H14ClNO4S/c1-28(25,26)14-8-6-13(7-9-14)21-19(16-12-23-11-10-17(16)22)20(24)15-4-2-3-5-18(15)27-21/h2-12H,1H3. The number of fused-ring (bicyclic) bond motifs is 1. The molecular weight excluding hydrogens is 398 g/mol. The van der Waals surface area contributed by atoms with E-state index in [0.29, 0.717) is 32.9 Å². The highest BCUT2D eigenvalue weighted by Gasteiger charge is 2.20. The minimum atomic E-state index is -3.34. The molecule has 0 aliphatic heterocycles. The maximum absolute atomic E-state index is 13.3. The Labute approximate surface area is 166 Å². The fourth-order valence-corrected chi connectivity index (χ4v) is 3.83. The monoisotopic (exact) mass is 411 g/mol. The molecule has 0 N–H and O–H groups in total. The number of hydrogen-bond donors (Lipinski definition) is 0. The van der Waals surface area contributed by atoms with E-state index in [2.05, 4.69) is 4.98 Å². The summed E-state index contributed by atoms with van der Waals surface area (Å²) in [6.07, 6.45) is 4.19. The van der Waals surface area contributed by atoms with Crippen LogP contribution in [0.1, 0.15) is 0 Å². The van der Waals surface area contributed by atoms with Crippen molar-refractivity contribution >= 4 is 32.4 Å². The highest BCUT2D eigenvalue weighted by molar-refractivity contribution is 7.90. The van der Waals surface area contributed by atoms with Gasteiger partial charge < -0.3 is 4.42 Å². The molecule has 5 nitrogen and oxygen atoms in total. The van der Waals surface area contributed by atoms with Crippen LogP contribution in [0.3, 0.4) is 0 Å². The molecule has 0 saturated heterocycles. The molecule has 0 unspecified atom stereocenters. The van der Waals surface area contributed by atoms with Gasteiger partial charge >= 0.3 is 0 Å². The van der Waals surface area contributed by atoms with Gasteiger partial charge in [-0.2, -0.15) is 0 Å². The highest BCUT2D eigenvalue weighted by Crippen LogP contribution is 2.35. The number of benzene rings is 2. The molecule has 4 rings (SSSR count). The number of para-hydroxylation sites is 1. The van der Waals surface area contributed by atoms with Crippen molar-refractivity contribution in [3.05, 3.63) is 82.2 Å². The van der Waals surface area contributed by atoms with Crippen molar-refractivity contribution in [1.29, 1.82) is 0 Å². The Balaban J connectivity index is 2.06. The number of rotatable bonds is 3. The predicted octanol–water partition coefficient (Wildman–Crippen LogP) is 4.58. The third-order valence-electron chi connectivity index (χ3n) is 4.38. The van der Waals surface area contributed by atoms with Gasteiger partial charge in [0.25, 0.3) is 0 Å². The summed E-state index contributed by atoms with van der Waals surface area (Å²) in [5.41, 5.74) is 1.48. The Morgan fingerprint density at radius 1 is 1.00 bits per heavy atom. The normalized spacial score (nSPS) is 11.6. The van der Waals surface area contributed by atoms with Crippen molar-refractivity contribution < 1.29 is 12.8 Å². The summed E-state index contributed by atoms with van der Waals surface area (Å²) >= 11 is 6.33. The van der Waals surface area contributed by atoms with Crippen molar-refractivity contribution in [2.24, 2.45) is 0 Å². The number of sulfone groups is 1. The van der Waals surface area contributed by atoms with E-state index < -0.39 is 9.84 Å². The maximum Gasteiger partial charge on any atom is 0.201 e. The van der Waals surface area contributed by atoms with Gasteiger partial charge in [-0.25, -0.2) is 8.42 Å². The first-order valence-corrected chi connectivity index (χ1v) is 10.6. The molecule has 2 aromatic heterocycles. The van der Waals surface area contributed by atoms with Crippen LogP contribution < -0.4 is 5.43 Å². The number of nitrogens with zero attached hydrogens (tertiary/aromatic N) is 1. The summed E-state index contributed by atoms with van der Waals surface area (Å²) in [4.78, 5) is 17.5. The number of pyridine rings is 1. The Morgan fingerprint density at radius 3 is 2.39 bits per heavy atom. The van der Waals surface area contributed by atoms with Gasteiger partial charge in [0.2, 0.25) is 5.43 Å². The Kier molecular flexibility index (Phi) is 4.53. The molecule has 0 spiro atoms. The molecule has 0 amide bonds. The molecule has 2 heterocycles. The maximum atomic E-state index is 13.3. The Bertz CT molecular complexity index is 1360. The van der Waals surface area contributed by atoms with Crippen molar-refractivity contribution in [1.82, 2.24) is 4.98 Å². The minimum absolute atomic E-state index is 0.181. The van der Waals surface area contributed by atoms with Gasteiger partial charge in [-0.3, -0.25) is 9.78 Å². The summed E-state index contributed by atoms with van der Waals surface area (Å²) in [6.45, 7) is 0. The Morgan fingerprint density at radius 2 is 1.71 bits per heavy atom. The first-order chi connectivity index (χ1) is 13.4. The molecule has 0 saturated carbocycles. The summed E-state index contributed by atoms with van der Waals surface area (Å²) in [6, 6.07) is 14.7. The third kappa shape index (κ3) is 3.21. The van der Waals surface area contributed by atoms with E-state index in [4.69, 9.17) is 16.0 Å². The van der Waals surface area contributed by atoms with E-state index in [9.17, 15) is 13.2 Å². The van der Waals surface area contributed by atoms with E-state index in [-0.39, 0.29) is 15.9 Å². The molecule has 0 fully saturated rings. The average molecular weight is 412 g/mol. The second kappa shape index (κ2) is 6.89. The zero-order valence-corrected chi connectivity index (χ0v) is 16.3. The zero-order valence-electron chi connectivity index (χ0n) is 14.7. The van der Waals surface area contributed by atoms with Crippen LogP contribution in [0.15, 0.2) is 81.1 Å². The van der Waals surface area contributed by atoms with Crippen LogP contribution >= 0.6 is 11.6 Å². The predicted molar refractivity (Wildman–Crippen MR) is 109 cm³/mol. The van der Waals surface area contributed by atoms with E-state index in [1.165, 1.54) is 24.5 Å². The fraction of sp³-hybridized carbons (Fsp3) is 0.0476. The molecule has 0 radical (unpaired) electrons. The zero-order chi connectivity index (χ0) is 19.9. The van der Waals surface area contributed by atoms with Crippen LogP contribution in [0.25, 0.3) is 33.4 Å². The first-order valence-electron chi connectivity index (χ1n) is 8.32. The SMILES string of the molecule is CS(=O)(=O)c1ccc(-c2oc3ccccc3c(=O)c2-c2cnccc2Cl)cc1. The second-order valence-electron chi connectivity index (χ2n) is 6.28. The van der Waals surface area contributed by atoms with Crippen LogP contribution in [0.5, 0.6) is 0 Å². The fourth-order valence-electron chi connectivity index (χ4n) is 3.00. The topological polar surface area (TPSA) is 77.2 Å². The van der Waals surface area contributed by atoms with Crippen LogP contribution in [-0.4, -0.2) is 19.7 Å². The lowest BCUT2D eigenvalue weighted by Crippen LogP contribution is -2.08. The van der Waals surface area contributed by atoms with E-state index in [1.54, 1.807) is 42.5 Å². The van der Waals surface area contributed by atoms with Crippen molar-refractivity contribution in [2.75, 3.05) is 6.26 Å². The average Bonchev–Trinajstić information content (AvgIpc) is 2.68. The van der Waals surface area contributed by atoms with Gasteiger partial charge in [0.15, 0.2) is 9.84 Å². The molecule has 0 atom stereocenters. The summed E-state index contributed by atoms with van der Waals surface area (Å²) in [5.74, 6) is 0.304. The quantitative estimate of drug-likeness (QED) is 0.493. The second-order valence-corrected chi connectivity index (χ2v) is 8.71. The van der Waals surface area contributed by atoms with Gasteiger partial charge in [0, 0.05) is 29.8 Å². The smallest absolute Gasteiger partial charge is 0.201 e. The largest absolute Gasteiger partial charge is 0.455 e. The molecule has 0 bridgehead atoms. The molecule has 2 aromatic carbocycles. The highest BCUT2D eigenvalue weighted by atomic mass is 35.5. The lowest BCUT2D eigenvalue weighted by molar-refractivity contribution is 0.601.